The number of fused-ring (bicyclic) bond motifs is 1. The standard InChI is InChI=1S/C21H33N3O6S/c1-2-30-20(28)15-14-4-5-21(31-14)16(15)19(27)24(7-3-11-25)17(21)18(26)22-6-8-23-9-12-29-13-10-23/h14-17,25H,2-13H2,1H3,(H,22,26)/t14-,15+,16-,17?,21?/m0/s1. The first-order chi connectivity index (χ1) is 15.0. The number of aliphatic hydroxyl groups is 1. The summed E-state index contributed by atoms with van der Waals surface area (Å²) in [6, 6.07) is -0.615. The van der Waals surface area contributed by atoms with Gasteiger partial charge in [-0.15, -0.1) is 11.8 Å². The van der Waals surface area contributed by atoms with E-state index in [-0.39, 0.29) is 36.2 Å². The van der Waals surface area contributed by atoms with Gasteiger partial charge in [0, 0.05) is 44.6 Å². The van der Waals surface area contributed by atoms with Gasteiger partial charge in [-0.1, -0.05) is 0 Å². The zero-order chi connectivity index (χ0) is 22.0. The third-order valence-corrected chi connectivity index (χ3v) is 8.95. The maximum absolute atomic E-state index is 13.5. The molecule has 0 aromatic rings. The van der Waals surface area contributed by atoms with Crippen molar-refractivity contribution >= 4 is 29.5 Å². The molecule has 2 amide bonds. The first-order valence-corrected chi connectivity index (χ1v) is 12.2. The Balaban J connectivity index is 1.51. The molecule has 4 fully saturated rings. The van der Waals surface area contributed by atoms with Gasteiger partial charge >= 0.3 is 5.97 Å². The molecule has 4 saturated heterocycles. The van der Waals surface area contributed by atoms with E-state index in [0.717, 1.165) is 32.5 Å². The summed E-state index contributed by atoms with van der Waals surface area (Å²) >= 11 is 1.64. The number of morpholine rings is 1. The van der Waals surface area contributed by atoms with Crippen LogP contribution in [0.5, 0.6) is 0 Å². The van der Waals surface area contributed by atoms with Gasteiger partial charge in [-0.2, -0.15) is 0 Å². The number of ether oxygens (including phenoxy) is 2. The number of likely N-dealkylation sites (tertiary alicyclic amines) is 1. The molecule has 4 aliphatic heterocycles. The van der Waals surface area contributed by atoms with Crippen molar-refractivity contribution < 1.29 is 29.0 Å². The van der Waals surface area contributed by atoms with Crippen LogP contribution in [0, 0.1) is 11.8 Å². The third kappa shape index (κ3) is 4.07. The van der Waals surface area contributed by atoms with Crippen LogP contribution < -0.4 is 5.32 Å². The van der Waals surface area contributed by atoms with Gasteiger partial charge in [-0.3, -0.25) is 19.3 Å². The van der Waals surface area contributed by atoms with Crippen LogP contribution >= 0.6 is 11.8 Å². The number of amides is 2. The molecule has 2 unspecified atom stereocenters. The van der Waals surface area contributed by atoms with Crippen molar-refractivity contribution in [1.82, 2.24) is 15.1 Å². The van der Waals surface area contributed by atoms with E-state index in [4.69, 9.17) is 9.47 Å². The van der Waals surface area contributed by atoms with Gasteiger partial charge in [-0.25, -0.2) is 0 Å². The van der Waals surface area contributed by atoms with E-state index in [2.05, 4.69) is 10.2 Å². The van der Waals surface area contributed by atoms with Crippen LogP contribution in [-0.4, -0.2) is 108 Å². The van der Waals surface area contributed by atoms with E-state index in [0.29, 0.717) is 32.7 Å². The maximum atomic E-state index is 13.5. The monoisotopic (exact) mass is 455 g/mol. The molecule has 0 radical (unpaired) electrons. The second-order valence-corrected chi connectivity index (χ2v) is 10.3. The fourth-order valence-corrected chi connectivity index (χ4v) is 7.91. The Morgan fingerprint density at radius 2 is 2.10 bits per heavy atom. The molecular weight excluding hydrogens is 422 g/mol. The fraction of sp³-hybridized carbons (Fsp3) is 0.857. The van der Waals surface area contributed by atoms with E-state index in [9.17, 15) is 19.5 Å². The lowest BCUT2D eigenvalue weighted by atomic mass is 9.71. The van der Waals surface area contributed by atoms with Crippen molar-refractivity contribution in [2.45, 2.75) is 42.2 Å². The average Bonchev–Trinajstić information content (AvgIpc) is 3.40. The Hall–Kier alpha value is -1.36. The highest BCUT2D eigenvalue weighted by molar-refractivity contribution is 8.02. The summed E-state index contributed by atoms with van der Waals surface area (Å²) in [6.45, 7) is 6.67. The van der Waals surface area contributed by atoms with Crippen molar-refractivity contribution in [2.75, 3.05) is 59.2 Å². The van der Waals surface area contributed by atoms with E-state index in [1.165, 1.54) is 0 Å². The maximum Gasteiger partial charge on any atom is 0.310 e. The van der Waals surface area contributed by atoms with Gasteiger partial charge in [0.05, 0.1) is 36.4 Å². The van der Waals surface area contributed by atoms with E-state index in [1.807, 2.05) is 0 Å². The Morgan fingerprint density at radius 3 is 2.81 bits per heavy atom. The Labute approximate surface area is 187 Å². The molecule has 10 heteroatoms. The summed E-state index contributed by atoms with van der Waals surface area (Å²) in [5.74, 6) is -1.64. The molecule has 0 aromatic heterocycles. The highest BCUT2D eigenvalue weighted by Crippen LogP contribution is 2.66. The number of esters is 1. The zero-order valence-electron chi connectivity index (χ0n) is 18.1. The summed E-state index contributed by atoms with van der Waals surface area (Å²) in [7, 11) is 0. The number of thioether (sulfide) groups is 1. The molecule has 9 nitrogen and oxygen atoms in total. The smallest absolute Gasteiger partial charge is 0.310 e. The number of hydrogen-bond acceptors (Lipinski definition) is 8. The highest BCUT2D eigenvalue weighted by atomic mass is 32.2. The van der Waals surface area contributed by atoms with E-state index in [1.54, 1.807) is 23.6 Å². The molecule has 2 N–H and O–H groups in total. The largest absolute Gasteiger partial charge is 0.466 e. The van der Waals surface area contributed by atoms with Crippen LogP contribution in [0.2, 0.25) is 0 Å². The molecule has 5 atom stereocenters. The van der Waals surface area contributed by atoms with Crippen molar-refractivity contribution in [3.05, 3.63) is 0 Å². The van der Waals surface area contributed by atoms with E-state index < -0.39 is 22.6 Å². The molecule has 1 spiro atoms. The minimum Gasteiger partial charge on any atom is -0.466 e. The summed E-state index contributed by atoms with van der Waals surface area (Å²) in [5, 5.41) is 12.4. The molecule has 0 aliphatic carbocycles. The minimum atomic E-state index is -0.615. The lowest BCUT2D eigenvalue weighted by Crippen LogP contribution is -2.54. The quantitative estimate of drug-likeness (QED) is 0.447. The van der Waals surface area contributed by atoms with Gasteiger partial charge < -0.3 is 24.8 Å². The Morgan fingerprint density at radius 1 is 1.32 bits per heavy atom. The molecule has 4 heterocycles. The van der Waals surface area contributed by atoms with Crippen molar-refractivity contribution in [2.24, 2.45) is 11.8 Å². The molecule has 174 valence electrons. The molecule has 0 saturated carbocycles. The van der Waals surface area contributed by atoms with Crippen LogP contribution in [0.1, 0.15) is 26.2 Å². The lowest BCUT2D eigenvalue weighted by Gasteiger charge is -2.34. The fourth-order valence-electron chi connectivity index (χ4n) is 5.70. The number of nitrogens with zero attached hydrogens (tertiary/aromatic N) is 2. The van der Waals surface area contributed by atoms with Crippen LogP contribution in [0.25, 0.3) is 0 Å². The van der Waals surface area contributed by atoms with Gasteiger partial charge in [0.25, 0.3) is 0 Å². The number of nitrogens with one attached hydrogen (secondary N) is 1. The molecule has 4 aliphatic rings. The molecule has 4 rings (SSSR count). The first-order valence-electron chi connectivity index (χ1n) is 11.4. The molecular formula is C21H33N3O6S. The topological polar surface area (TPSA) is 108 Å². The number of rotatable bonds is 9. The van der Waals surface area contributed by atoms with Crippen molar-refractivity contribution in [3.8, 4) is 0 Å². The first kappa shape index (κ1) is 22.8. The summed E-state index contributed by atoms with van der Waals surface area (Å²) < 4.78 is 10.1. The minimum absolute atomic E-state index is 0.0247. The highest BCUT2D eigenvalue weighted by Gasteiger charge is 2.73. The molecule has 31 heavy (non-hydrogen) atoms. The number of carbonyl (C=O) groups is 3. The zero-order valence-corrected chi connectivity index (χ0v) is 18.9. The predicted octanol–water partition coefficient (Wildman–Crippen LogP) is -0.528. The van der Waals surface area contributed by atoms with Crippen LogP contribution in [-0.2, 0) is 23.9 Å². The van der Waals surface area contributed by atoms with Crippen LogP contribution in [0.3, 0.4) is 0 Å². The normalized spacial score (nSPS) is 34.8. The SMILES string of the molecule is CCOC(=O)[C@@H]1[C@@H]2CCC3(S2)C(C(=O)NCCN2CCOCC2)N(CCCO)C(=O)[C@H]13. The van der Waals surface area contributed by atoms with Crippen LogP contribution in [0.15, 0.2) is 0 Å². The average molecular weight is 456 g/mol. The van der Waals surface area contributed by atoms with E-state index >= 15 is 0 Å². The Bertz CT molecular complexity index is 703. The predicted molar refractivity (Wildman–Crippen MR) is 114 cm³/mol. The lowest BCUT2D eigenvalue weighted by molar-refractivity contribution is -0.153. The summed E-state index contributed by atoms with van der Waals surface area (Å²) in [6.07, 6.45) is 1.96. The molecule has 2 bridgehead atoms. The third-order valence-electron chi connectivity index (χ3n) is 7.00. The summed E-state index contributed by atoms with van der Waals surface area (Å²) in [4.78, 5) is 43.4. The second kappa shape index (κ2) is 9.64. The van der Waals surface area contributed by atoms with Crippen LogP contribution in [0.4, 0.5) is 0 Å². The van der Waals surface area contributed by atoms with Crippen molar-refractivity contribution in [3.63, 3.8) is 0 Å². The second-order valence-electron chi connectivity index (χ2n) is 8.66. The summed E-state index contributed by atoms with van der Waals surface area (Å²) in [5.41, 5.74) is 0. The van der Waals surface area contributed by atoms with Gasteiger partial charge in [0.1, 0.15) is 6.04 Å². The Kier molecular flexibility index (Phi) is 7.10. The molecule has 0 aromatic carbocycles. The number of carbonyl (C=O) groups excluding carboxylic acids is 3. The van der Waals surface area contributed by atoms with Gasteiger partial charge in [0.2, 0.25) is 11.8 Å². The van der Waals surface area contributed by atoms with Gasteiger partial charge in [0.15, 0.2) is 0 Å². The number of aliphatic hydroxyl groups excluding tert-OH is 1. The van der Waals surface area contributed by atoms with Crippen molar-refractivity contribution in [1.29, 1.82) is 0 Å². The van der Waals surface area contributed by atoms with Gasteiger partial charge in [-0.05, 0) is 26.2 Å². The number of hydrogen-bond donors (Lipinski definition) is 2.